The van der Waals surface area contributed by atoms with Crippen LogP contribution < -0.4 is 16.6 Å². The summed E-state index contributed by atoms with van der Waals surface area (Å²) in [5.41, 5.74) is 3.44. The van der Waals surface area contributed by atoms with Crippen LogP contribution in [0.25, 0.3) is 0 Å². The van der Waals surface area contributed by atoms with Crippen LogP contribution in [0.4, 0.5) is 11.6 Å². The summed E-state index contributed by atoms with van der Waals surface area (Å²) in [6, 6.07) is -0.00997. The monoisotopic (exact) mass is 253 g/mol. The van der Waals surface area contributed by atoms with E-state index in [1.165, 1.54) is 0 Å². The average molecular weight is 253 g/mol. The van der Waals surface area contributed by atoms with Crippen molar-refractivity contribution in [3.63, 3.8) is 0 Å². The van der Waals surface area contributed by atoms with Crippen molar-refractivity contribution in [1.82, 2.24) is 9.97 Å². The number of nitrogens with one attached hydrogen (secondary N) is 2. The molecule has 1 aromatic rings. The molecule has 0 spiro atoms. The molecule has 6 nitrogen and oxygen atoms in total. The minimum absolute atomic E-state index is 0.00997. The zero-order valence-electron chi connectivity index (χ0n) is 11.5. The van der Waals surface area contributed by atoms with Crippen molar-refractivity contribution in [2.75, 3.05) is 17.3 Å². The Morgan fingerprint density at radius 1 is 1.28 bits per heavy atom. The summed E-state index contributed by atoms with van der Waals surface area (Å²) in [7, 11) is 0. The summed E-state index contributed by atoms with van der Waals surface area (Å²) >= 11 is 0. The molecule has 0 saturated carbocycles. The van der Waals surface area contributed by atoms with Crippen LogP contribution in [0.5, 0.6) is 0 Å². The van der Waals surface area contributed by atoms with Gasteiger partial charge in [0.25, 0.3) is 0 Å². The molecule has 0 radical (unpaired) electrons. The van der Waals surface area contributed by atoms with Gasteiger partial charge in [0.05, 0.1) is 12.6 Å². The van der Waals surface area contributed by atoms with E-state index in [0.29, 0.717) is 5.82 Å². The molecule has 0 bridgehead atoms. The lowest BCUT2D eigenvalue weighted by Crippen LogP contribution is -2.25. The highest BCUT2D eigenvalue weighted by Gasteiger charge is 2.14. The zero-order valence-corrected chi connectivity index (χ0v) is 11.5. The van der Waals surface area contributed by atoms with Gasteiger partial charge in [-0.3, -0.25) is 0 Å². The maximum absolute atomic E-state index is 9.24. The summed E-state index contributed by atoms with van der Waals surface area (Å²) in [6.07, 6.45) is 0.822. The van der Waals surface area contributed by atoms with Crippen LogP contribution in [-0.2, 0) is 0 Å². The molecule has 0 fully saturated rings. The predicted molar refractivity (Wildman–Crippen MR) is 73.5 cm³/mol. The fraction of sp³-hybridized carbons (Fsp3) is 0.667. The van der Waals surface area contributed by atoms with Gasteiger partial charge in [0.1, 0.15) is 17.5 Å². The van der Waals surface area contributed by atoms with E-state index in [-0.39, 0.29) is 18.6 Å². The molecule has 0 amide bonds. The van der Waals surface area contributed by atoms with Crippen LogP contribution in [0.2, 0.25) is 0 Å². The molecule has 0 aliphatic rings. The first kappa shape index (κ1) is 14.7. The topological polar surface area (TPSA) is 96.1 Å². The lowest BCUT2D eigenvalue weighted by Gasteiger charge is -2.19. The number of nitrogens with zero attached hydrogens (tertiary/aromatic N) is 2. The summed E-state index contributed by atoms with van der Waals surface area (Å²) in [5.74, 6) is 7.75. The Labute approximate surface area is 108 Å². The van der Waals surface area contributed by atoms with Gasteiger partial charge in [-0.05, 0) is 13.3 Å². The van der Waals surface area contributed by atoms with E-state index >= 15 is 0 Å². The molecule has 1 heterocycles. The second-order valence-corrected chi connectivity index (χ2v) is 4.64. The normalized spacial score (nSPS) is 12.6. The second kappa shape index (κ2) is 6.51. The Balaban J connectivity index is 3.12. The molecule has 18 heavy (non-hydrogen) atoms. The Bertz CT molecular complexity index is 390. The molecule has 0 aromatic carbocycles. The molecule has 1 aromatic heterocycles. The minimum Gasteiger partial charge on any atom is -0.394 e. The molecule has 1 unspecified atom stereocenters. The number of aliphatic hydroxyl groups is 1. The van der Waals surface area contributed by atoms with Crippen molar-refractivity contribution in [1.29, 1.82) is 0 Å². The number of anilines is 2. The van der Waals surface area contributed by atoms with Gasteiger partial charge in [-0.15, -0.1) is 0 Å². The molecule has 0 aliphatic carbocycles. The first-order valence-electron chi connectivity index (χ1n) is 6.25. The van der Waals surface area contributed by atoms with Crippen molar-refractivity contribution in [2.24, 2.45) is 5.84 Å². The van der Waals surface area contributed by atoms with Gasteiger partial charge in [0.2, 0.25) is 0 Å². The zero-order chi connectivity index (χ0) is 13.7. The van der Waals surface area contributed by atoms with Gasteiger partial charge in [-0.25, -0.2) is 15.8 Å². The van der Waals surface area contributed by atoms with Crippen LogP contribution in [0.3, 0.4) is 0 Å². The SMILES string of the molecule is CCC(CO)Nc1nc(C(C)C)nc(NN)c1C. The third-order valence-electron chi connectivity index (χ3n) is 2.87. The van der Waals surface area contributed by atoms with Gasteiger partial charge < -0.3 is 15.8 Å². The largest absolute Gasteiger partial charge is 0.394 e. The van der Waals surface area contributed by atoms with Gasteiger partial charge in [-0.2, -0.15) is 0 Å². The number of nitrogens with two attached hydrogens (primary N) is 1. The van der Waals surface area contributed by atoms with E-state index in [1.807, 2.05) is 27.7 Å². The van der Waals surface area contributed by atoms with Crippen LogP contribution in [-0.4, -0.2) is 27.7 Å². The molecular formula is C12H23N5O. The number of hydrazine groups is 1. The number of nitrogen functional groups attached to an aromatic ring is 1. The maximum atomic E-state index is 9.24. The van der Waals surface area contributed by atoms with E-state index in [9.17, 15) is 5.11 Å². The number of aliphatic hydroxyl groups excluding tert-OH is 1. The fourth-order valence-electron chi connectivity index (χ4n) is 1.54. The van der Waals surface area contributed by atoms with E-state index in [0.717, 1.165) is 23.6 Å². The van der Waals surface area contributed by atoms with Gasteiger partial charge >= 0.3 is 0 Å². The number of rotatable bonds is 6. The standard InChI is InChI=1S/C12H23N5O/c1-5-9(6-18)14-11-8(4)12(17-13)16-10(15-11)7(2)3/h7,9,18H,5-6,13H2,1-4H3,(H2,14,15,16,17). The Kier molecular flexibility index (Phi) is 5.30. The smallest absolute Gasteiger partial charge is 0.148 e. The highest BCUT2D eigenvalue weighted by molar-refractivity contribution is 5.57. The van der Waals surface area contributed by atoms with E-state index in [1.54, 1.807) is 0 Å². The van der Waals surface area contributed by atoms with Crippen molar-refractivity contribution in [2.45, 2.75) is 46.1 Å². The molecule has 0 aliphatic heterocycles. The average Bonchev–Trinajstić information content (AvgIpc) is 2.37. The van der Waals surface area contributed by atoms with Crippen molar-refractivity contribution < 1.29 is 5.11 Å². The second-order valence-electron chi connectivity index (χ2n) is 4.64. The van der Waals surface area contributed by atoms with Gasteiger partial charge in [0, 0.05) is 11.5 Å². The van der Waals surface area contributed by atoms with Crippen LogP contribution in [0.1, 0.15) is 44.5 Å². The van der Waals surface area contributed by atoms with Crippen LogP contribution >= 0.6 is 0 Å². The van der Waals surface area contributed by atoms with Crippen molar-refractivity contribution in [3.05, 3.63) is 11.4 Å². The Morgan fingerprint density at radius 2 is 1.89 bits per heavy atom. The van der Waals surface area contributed by atoms with Gasteiger partial charge in [0.15, 0.2) is 0 Å². The summed E-state index contributed by atoms with van der Waals surface area (Å²) in [4.78, 5) is 8.85. The molecular weight excluding hydrogens is 230 g/mol. The van der Waals surface area contributed by atoms with Crippen LogP contribution in [0, 0.1) is 6.92 Å². The maximum Gasteiger partial charge on any atom is 0.148 e. The fourth-order valence-corrected chi connectivity index (χ4v) is 1.54. The quantitative estimate of drug-likeness (QED) is 0.452. The number of hydrogen-bond acceptors (Lipinski definition) is 6. The first-order valence-corrected chi connectivity index (χ1v) is 6.25. The predicted octanol–water partition coefficient (Wildman–Crippen LogP) is 1.38. The highest BCUT2D eigenvalue weighted by Crippen LogP contribution is 2.23. The molecule has 102 valence electrons. The van der Waals surface area contributed by atoms with Gasteiger partial charge in [-0.1, -0.05) is 20.8 Å². The molecule has 5 N–H and O–H groups in total. The molecule has 1 rings (SSSR count). The molecule has 1 atom stereocenters. The number of hydrogen-bond donors (Lipinski definition) is 4. The first-order chi connectivity index (χ1) is 8.53. The molecule has 0 saturated heterocycles. The Hall–Kier alpha value is -1.40. The number of aromatic nitrogens is 2. The third kappa shape index (κ3) is 3.30. The highest BCUT2D eigenvalue weighted by atomic mass is 16.3. The molecule has 6 heteroatoms. The Morgan fingerprint density at radius 3 is 2.33 bits per heavy atom. The van der Waals surface area contributed by atoms with Crippen LogP contribution in [0.15, 0.2) is 0 Å². The van der Waals surface area contributed by atoms with Crippen molar-refractivity contribution in [3.8, 4) is 0 Å². The van der Waals surface area contributed by atoms with E-state index < -0.39 is 0 Å². The lowest BCUT2D eigenvalue weighted by molar-refractivity contribution is 0.271. The van der Waals surface area contributed by atoms with E-state index in [4.69, 9.17) is 5.84 Å². The summed E-state index contributed by atoms with van der Waals surface area (Å²) < 4.78 is 0. The van der Waals surface area contributed by atoms with Crippen molar-refractivity contribution >= 4 is 11.6 Å². The third-order valence-corrected chi connectivity index (χ3v) is 2.87. The lowest BCUT2D eigenvalue weighted by atomic mass is 10.2. The minimum atomic E-state index is -0.00997. The summed E-state index contributed by atoms with van der Waals surface area (Å²) in [5, 5.41) is 12.5. The summed E-state index contributed by atoms with van der Waals surface area (Å²) in [6.45, 7) is 8.03. The van der Waals surface area contributed by atoms with E-state index in [2.05, 4.69) is 20.7 Å².